The summed E-state index contributed by atoms with van der Waals surface area (Å²) in [7, 11) is 0. The Hall–Kier alpha value is -0.160. The molecule has 1 N–H and O–H groups in total. The lowest BCUT2D eigenvalue weighted by Gasteiger charge is -2.27. The maximum Gasteiger partial charge on any atom is 0.0448 e. The molecule has 20 heavy (non-hydrogen) atoms. The maximum absolute atomic E-state index is 3.90. The van der Waals surface area contributed by atoms with Crippen LogP contribution in [0.1, 0.15) is 54.4 Å². The molecule has 1 nitrogen and oxygen atoms in total. The smallest absolute Gasteiger partial charge is 0.0448 e. The van der Waals surface area contributed by atoms with Crippen molar-refractivity contribution in [3.63, 3.8) is 0 Å². The van der Waals surface area contributed by atoms with Crippen molar-refractivity contribution in [1.82, 2.24) is 5.32 Å². The Morgan fingerprint density at radius 3 is 2.60 bits per heavy atom. The first kappa shape index (κ1) is 14.8. The number of rotatable bonds is 5. The van der Waals surface area contributed by atoms with Gasteiger partial charge in [0, 0.05) is 26.3 Å². The Kier molecular flexibility index (Phi) is 4.97. The van der Waals surface area contributed by atoms with Gasteiger partial charge in [-0.2, -0.15) is 0 Å². The summed E-state index contributed by atoms with van der Waals surface area (Å²) in [6.45, 7) is 2.28. The van der Waals surface area contributed by atoms with E-state index in [1.807, 2.05) is 22.7 Å². The molecule has 1 aliphatic carbocycles. The molecule has 0 saturated heterocycles. The van der Waals surface area contributed by atoms with E-state index >= 15 is 0 Å². The molecule has 2 unspecified atom stereocenters. The van der Waals surface area contributed by atoms with Gasteiger partial charge in [-0.25, -0.2) is 0 Å². The number of halogens is 1. The number of thiophene rings is 2. The minimum atomic E-state index is 0.400. The second-order valence-electron chi connectivity index (χ2n) is 5.56. The van der Waals surface area contributed by atoms with Crippen molar-refractivity contribution >= 4 is 38.6 Å². The van der Waals surface area contributed by atoms with Gasteiger partial charge in [0.15, 0.2) is 0 Å². The molecule has 3 rings (SSSR count). The lowest BCUT2D eigenvalue weighted by molar-refractivity contribution is 0.344. The second kappa shape index (κ2) is 6.73. The van der Waals surface area contributed by atoms with E-state index in [-0.39, 0.29) is 0 Å². The highest BCUT2D eigenvalue weighted by atomic mass is 79.9. The Bertz CT molecular complexity index is 528. The van der Waals surface area contributed by atoms with Crippen LogP contribution >= 0.6 is 38.6 Å². The third-order valence-corrected chi connectivity index (χ3v) is 7.20. The number of hydrogen-bond acceptors (Lipinski definition) is 3. The Balaban J connectivity index is 1.78. The summed E-state index contributed by atoms with van der Waals surface area (Å²) in [6, 6.07) is 7.53. The van der Waals surface area contributed by atoms with Crippen LogP contribution in [0, 0.1) is 5.92 Å². The molecular weight excluding hydrogens is 350 g/mol. The molecule has 0 aromatic carbocycles. The zero-order chi connectivity index (χ0) is 13.9. The SMILES string of the molecule is CC(NC(c1cccs1)C1CCCC1)c1sccc1Br. The van der Waals surface area contributed by atoms with E-state index in [1.54, 1.807) is 0 Å². The average Bonchev–Trinajstić information content (AvgIpc) is 3.18. The van der Waals surface area contributed by atoms with Crippen LogP contribution in [0.15, 0.2) is 33.4 Å². The average molecular weight is 370 g/mol. The highest BCUT2D eigenvalue weighted by Gasteiger charge is 2.28. The highest BCUT2D eigenvalue weighted by molar-refractivity contribution is 9.10. The van der Waals surface area contributed by atoms with Crippen LogP contribution in [-0.4, -0.2) is 0 Å². The van der Waals surface area contributed by atoms with E-state index in [1.165, 1.54) is 39.9 Å². The maximum atomic E-state index is 3.90. The summed E-state index contributed by atoms with van der Waals surface area (Å²) in [5.74, 6) is 0.801. The summed E-state index contributed by atoms with van der Waals surface area (Å²) in [5.41, 5.74) is 0. The fourth-order valence-electron chi connectivity index (χ4n) is 3.17. The standard InChI is InChI=1S/C16H20BrNS2/c1-11(16-13(17)8-10-20-16)18-15(12-5-2-3-6-12)14-7-4-9-19-14/h4,7-12,15,18H,2-3,5-6H2,1H3. The van der Waals surface area contributed by atoms with Crippen LogP contribution in [0.2, 0.25) is 0 Å². The van der Waals surface area contributed by atoms with Crippen molar-refractivity contribution in [2.75, 3.05) is 0 Å². The van der Waals surface area contributed by atoms with Crippen molar-refractivity contribution in [2.24, 2.45) is 5.92 Å². The van der Waals surface area contributed by atoms with Crippen molar-refractivity contribution < 1.29 is 0 Å². The van der Waals surface area contributed by atoms with Gasteiger partial charge < -0.3 is 5.32 Å². The van der Waals surface area contributed by atoms with Crippen LogP contribution in [0.4, 0.5) is 0 Å². The normalized spacial score (nSPS) is 19.3. The Morgan fingerprint density at radius 1 is 1.20 bits per heavy atom. The zero-order valence-electron chi connectivity index (χ0n) is 11.6. The van der Waals surface area contributed by atoms with Crippen molar-refractivity contribution in [2.45, 2.75) is 44.7 Å². The molecule has 0 bridgehead atoms. The molecule has 1 saturated carbocycles. The van der Waals surface area contributed by atoms with Gasteiger partial charge in [0.1, 0.15) is 0 Å². The van der Waals surface area contributed by atoms with Gasteiger partial charge in [0.25, 0.3) is 0 Å². The van der Waals surface area contributed by atoms with E-state index in [2.05, 4.69) is 57.1 Å². The minimum Gasteiger partial charge on any atom is -0.302 e. The van der Waals surface area contributed by atoms with E-state index < -0.39 is 0 Å². The Labute approximate surface area is 137 Å². The fourth-order valence-corrected chi connectivity index (χ4v) is 5.78. The zero-order valence-corrected chi connectivity index (χ0v) is 14.9. The molecule has 2 atom stereocenters. The first-order chi connectivity index (χ1) is 9.75. The van der Waals surface area contributed by atoms with Gasteiger partial charge in [-0.1, -0.05) is 18.9 Å². The lowest BCUT2D eigenvalue weighted by atomic mass is 9.96. The molecule has 2 aromatic rings. The summed E-state index contributed by atoms with van der Waals surface area (Å²) >= 11 is 7.39. The van der Waals surface area contributed by atoms with Crippen LogP contribution < -0.4 is 5.32 Å². The molecule has 0 spiro atoms. The molecule has 1 aliphatic rings. The second-order valence-corrected chi connectivity index (χ2v) is 8.34. The fraction of sp³-hybridized carbons (Fsp3) is 0.500. The molecule has 0 radical (unpaired) electrons. The third-order valence-electron chi connectivity index (χ3n) is 4.19. The van der Waals surface area contributed by atoms with Gasteiger partial charge in [-0.15, -0.1) is 22.7 Å². The van der Waals surface area contributed by atoms with Gasteiger partial charge in [-0.3, -0.25) is 0 Å². The van der Waals surface area contributed by atoms with Crippen LogP contribution in [0.25, 0.3) is 0 Å². The summed E-state index contributed by atoms with van der Waals surface area (Å²) in [4.78, 5) is 2.90. The van der Waals surface area contributed by atoms with E-state index in [9.17, 15) is 0 Å². The first-order valence-corrected chi connectivity index (χ1v) is 9.83. The quantitative estimate of drug-likeness (QED) is 0.665. The van der Waals surface area contributed by atoms with E-state index in [0.717, 1.165) is 5.92 Å². The molecule has 4 heteroatoms. The highest BCUT2D eigenvalue weighted by Crippen LogP contribution is 2.39. The van der Waals surface area contributed by atoms with Crippen molar-refractivity contribution in [3.05, 3.63) is 43.2 Å². The summed E-state index contributed by atoms with van der Waals surface area (Å²) < 4.78 is 1.24. The molecule has 1 fully saturated rings. The van der Waals surface area contributed by atoms with Crippen molar-refractivity contribution in [3.8, 4) is 0 Å². The van der Waals surface area contributed by atoms with Gasteiger partial charge >= 0.3 is 0 Å². The molecule has 108 valence electrons. The predicted octanol–water partition coefficient (Wildman–Crippen LogP) is 6.15. The van der Waals surface area contributed by atoms with E-state index in [4.69, 9.17) is 0 Å². The molecular formula is C16H20BrNS2. The largest absolute Gasteiger partial charge is 0.302 e. The van der Waals surface area contributed by atoms with Crippen LogP contribution in [-0.2, 0) is 0 Å². The van der Waals surface area contributed by atoms with E-state index in [0.29, 0.717) is 12.1 Å². The van der Waals surface area contributed by atoms with Gasteiger partial charge in [-0.05, 0) is 64.5 Å². The monoisotopic (exact) mass is 369 g/mol. The molecule has 2 heterocycles. The number of nitrogens with one attached hydrogen (secondary N) is 1. The third kappa shape index (κ3) is 3.19. The molecule has 0 amide bonds. The predicted molar refractivity (Wildman–Crippen MR) is 92.6 cm³/mol. The van der Waals surface area contributed by atoms with Crippen LogP contribution in [0.3, 0.4) is 0 Å². The summed E-state index contributed by atoms with van der Waals surface area (Å²) in [6.07, 6.45) is 5.53. The minimum absolute atomic E-state index is 0.400. The summed E-state index contributed by atoms with van der Waals surface area (Å²) in [5, 5.41) is 8.25. The van der Waals surface area contributed by atoms with Gasteiger partial charge in [0.2, 0.25) is 0 Å². The first-order valence-electron chi connectivity index (χ1n) is 7.28. The molecule has 2 aromatic heterocycles. The van der Waals surface area contributed by atoms with Crippen LogP contribution in [0.5, 0.6) is 0 Å². The topological polar surface area (TPSA) is 12.0 Å². The van der Waals surface area contributed by atoms with Crippen molar-refractivity contribution in [1.29, 1.82) is 0 Å². The number of hydrogen-bond donors (Lipinski definition) is 1. The van der Waals surface area contributed by atoms with Gasteiger partial charge in [0.05, 0.1) is 0 Å². The lowest BCUT2D eigenvalue weighted by Crippen LogP contribution is -2.28. The Morgan fingerprint density at radius 2 is 2.00 bits per heavy atom. The molecule has 0 aliphatic heterocycles.